The maximum Gasteiger partial charge on any atom is 0.341 e. The van der Waals surface area contributed by atoms with Gasteiger partial charge in [0, 0.05) is 18.8 Å². The van der Waals surface area contributed by atoms with E-state index in [1.165, 1.54) is 24.9 Å². The molecule has 188 valence electrons. The molecular formula is C29H38N2O4. The molecule has 1 fully saturated rings. The van der Waals surface area contributed by atoms with Gasteiger partial charge in [-0.3, -0.25) is 4.79 Å². The van der Waals surface area contributed by atoms with Crippen molar-refractivity contribution in [1.29, 1.82) is 0 Å². The monoisotopic (exact) mass is 478 g/mol. The van der Waals surface area contributed by atoms with Gasteiger partial charge in [-0.25, -0.2) is 4.79 Å². The lowest BCUT2D eigenvalue weighted by Gasteiger charge is -2.33. The van der Waals surface area contributed by atoms with Crippen LogP contribution in [0.15, 0.2) is 55.1 Å². The lowest BCUT2D eigenvalue weighted by atomic mass is 9.97. The van der Waals surface area contributed by atoms with Crippen LogP contribution in [0.5, 0.6) is 5.75 Å². The van der Waals surface area contributed by atoms with Crippen molar-refractivity contribution in [3.05, 3.63) is 71.8 Å². The Hall–Kier alpha value is -3.28. The number of hydrogen-bond donors (Lipinski definition) is 1. The minimum atomic E-state index is -0.425. The molecule has 6 nitrogen and oxygen atoms in total. The van der Waals surface area contributed by atoms with Gasteiger partial charge < -0.3 is 19.7 Å². The van der Waals surface area contributed by atoms with Crippen molar-refractivity contribution < 1.29 is 19.1 Å². The topological polar surface area (TPSA) is 67.9 Å². The number of rotatable bonds is 12. The highest BCUT2D eigenvalue weighted by Crippen LogP contribution is 2.31. The Morgan fingerprint density at radius 3 is 2.57 bits per heavy atom. The summed E-state index contributed by atoms with van der Waals surface area (Å²) < 4.78 is 10.8. The van der Waals surface area contributed by atoms with Gasteiger partial charge in [-0.05, 0) is 75.3 Å². The van der Waals surface area contributed by atoms with E-state index in [2.05, 4.69) is 35.0 Å². The van der Waals surface area contributed by atoms with Gasteiger partial charge in [-0.1, -0.05) is 30.3 Å². The number of nitrogens with one attached hydrogen (secondary N) is 1. The van der Waals surface area contributed by atoms with E-state index in [1.54, 1.807) is 25.1 Å². The van der Waals surface area contributed by atoms with Gasteiger partial charge in [-0.2, -0.15) is 0 Å². The Bertz CT molecular complexity index is 998. The van der Waals surface area contributed by atoms with E-state index in [0.29, 0.717) is 24.5 Å². The summed E-state index contributed by atoms with van der Waals surface area (Å²) in [5, 5.41) is 3.26. The average molecular weight is 479 g/mol. The number of anilines is 1. The zero-order valence-corrected chi connectivity index (χ0v) is 21.1. The van der Waals surface area contributed by atoms with Crippen molar-refractivity contribution in [2.75, 3.05) is 31.2 Å². The lowest BCUT2D eigenvalue weighted by molar-refractivity contribution is -0.121. The van der Waals surface area contributed by atoms with Crippen LogP contribution in [-0.2, 0) is 16.0 Å². The first-order chi connectivity index (χ1) is 17.1. The smallest absolute Gasteiger partial charge is 0.341 e. The maximum absolute atomic E-state index is 13.2. The molecule has 0 bridgehead atoms. The molecule has 2 aromatic carbocycles. The van der Waals surface area contributed by atoms with Crippen LogP contribution in [-0.4, -0.2) is 38.2 Å². The summed E-state index contributed by atoms with van der Waals surface area (Å²) in [6.45, 7) is 10.3. The first-order valence-electron chi connectivity index (χ1n) is 12.7. The Labute approximate surface area is 209 Å². The van der Waals surface area contributed by atoms with Crippen molar-refractivity contribution >= 4 is 17.6 Å². The molecule has 0 aromatic heterocycles. The molecule has 1 N–H and O–H groups in total. The third kappa shape index (κ3) is 7.35. The van der Waals surface area contributed by atoms with E-state index in [0.717, 1.165) is 37.1 Å². The predicted octanol–water partition coefficient (Wildman–Crippen LogP) is 5.62. The standard InChI is InChI=1S/C29H38N2O4/c1-4-7-14-25(23-13-9-10-15-26(23)31-18-11-8-12-19-31)30-28(32)21-22-16-17-24(29(33)35-6-3)27(20-22)34-5-2/h4,9-10,13,15-17,20,25H,1,5-8,11-12,14,18-19,21H2,2-3H3,(H,30,32). The second kappa shape index (κ2) is 13.6. The van der Waals surface area contributed by atoms with Crippen LogP contribution in [0, 0.1) is 0 Å². The Balaban J connectivity index is 1.78. The molecule has 3 rings (SSSR count). The molecule has 0 saturated carbocycles. The third-order valence-electron chi connectivity index (χ3n) is 6.21. The maximum atomic E-state index is 13.2. The number of allylic oxidation sites excluding steroid dienone is 1. The minimum Gasteiger partial charge on any atom is -0.493 e. The number of hydrogen-bond acceptors (Lipinski definition) is 5. The number of piperidine rings is 1. The quantitative estimate of drug-likeness (QED) is 0.317. The van der Waals surface area contributed by atoms with Crippen LogP contribution in [0.25, 0.3) is 0 Å². The van der Waals surface area contributed by atoms with Gasteiger partial charge in [0.25, 0.3) is 0 Å². The number of amides is 1. The average Bonchev–Trinajstić information content (AvgIpc) is 2.87. The fourth-order valence-electron chi connectivity index (χ4n) is 4.55. The number of carbonyl (C=O) groups excluding carboxylic acids is 2. The summed E-state index contributed by atoms with van der Waals surface area (Å²) >= 11 is 0. The van der Waals surface area contributed by atoms with E-state index < -0.39 is 5.97 Å². The summed E-state index contributed by atoms with van der Waals surface area (Å²) in [4.78, 5) is 27.8. The van der Waals surface area contributed by atoms with Crippen molar-refractivity contribution in [3.63, 3.8) is 0 Å². The number of carbonyl (C=O) groups is 2. The molecule has 6 heteroatoms. The molecule has 1 heterocycles. The second-order valence-corrected chi connectivity index (χ2v) is 8.75. The fraction of sp³-hybridized carbons (Fsp3) is 0.448. The summed E-state index contributed by atoms with van der Waals surface area (Å²) in [5.74, 6) is -0.0560. The summed E-state index contributed by atoms with van der Waals surface area (Å²) in [7, 11) is 0. The van der Waals surface area contributed by atoms with Crippen LogP contribution in [0.3, 0.4) is 0 Å². The van der Waals surface area contributed by atoms with Gasteiger partial charge in [0.2, 0.25) is 5.91 Å². The Morgan fingerprint density at radius 2 is 1.86 bits per heavy atom. The molecule has 1 aliphatic heterocycles. The van der Waals surface area contributed by atoms with Gasteiger partial charge in [0.1, 0.15) is 11.3 Å². The molecule has 1 unspecified atom stereocenters. The van der Waals surface area contributed by atoms with Crippen molar-refractivity contribution in [3.8, 4) is 5.75 Å². The fourth-order valence-corrected chi connectivity index (χ4v) is 4.55. The van der Waals surface area contributed by atoms with Gasteiger partial charge in [-0.15, -0.1) is 6.58 Å². The number of para-hydroxylation sites is 1. The summed E-state index contributed by atoms with van der Waals surface area (Å²) in [6.07, 6.45) is 7.34. The highest BCUT2D eigenvalue weighted by Gasteiger charge is 2.22. The van der Waals surface area contributed by atoms with E-state index in [1.807, 2.05) is 19.1 Å². The zero-order valence-electron chi connectivity index (χ0n) is 21.1. The van der Waals surface area contributed by atoms with E-state index in [9.17, 15) is 9.59 Å². The third-order valence-corrected chi connectivity index (χ3v) is 6.21. The first-order valence-corrected chi connectivity index (χ1v) is 12.7. The molecule has 1 atom stereocenters. The van der Waals surface area contributed by atoms with Gasteiger partial charge in [0.05, 0.1) is 25.7 Å². The number of ether oxygens (including phenoxy) is 2. The van der Waals surface area contributed by atoms with E-state index >= 15 is 0 Å². The molecule has 2 aromatic rings. The molecule has 1 amide bonds. The summed E-state index contributed by atoms with van der Waals surface area (Å²) in [5.41, 5.74) is 3.51. The van der Waals surface area contributed by atoms with Crippen LogP contribution >= 0.6 is 0 Å². The number of esters is 1. The molecular weight excluding hydrogens is 440 g/mol. The molecule has 1 aliphatic rings. The van der Waals surface area contributed by atoms with E-state index in [-0.39, 0.29) is 18.4 Å². The van der Waals surface area contributed by atoms with Gasteiger partial charge in [0.15, 0.2) is 0 Å². The largest absolute Gasteiger partial charge is 0.493 e. The molecule has 35 heavy (non-hydrogen) atoms. The summed E-state index contributed by atoms with van der Waals surface area (Å²) in [6, 6.07) is 13.5. The Morgan fingerprint density at radius 1 is 1.09 bits per heavy atom. The Kier molecular flexibility index (Phi) is 10.2. The predicted molar refractivity (Wildman–Crippen MR) is 140 cm³/mol. The van der Waals surface area contributed by atoms with Crippen molar-refractivity contribution in [2.24, 2.45) is 0 Å². The molecule has 0 spiro atoms. The molecule has 1 saturated heterocycles. The van der Waals surface area contributed by atoms with Crippen molar-refractivity contribution in [2.45, 2.75) is 58.4 Å². The zero-order chi connectivity index (χ0) is 25.0. The molecule has 0 aliphatic carbocycles. The van der Waals surface area contributed by atoms with Crippen LogP contribution in [0.4, 0.5) is 5.69 Å². The normalized spacial score (nSPS) is 14.2. The van der Waals surface area contributed by atoms with Crippen LogP contribution < -0.4 is 15.0 Å². The van der Waals surface area contributed by atoms with Crippen LogP contribution in [0.2, 0.25) is 0 Å². The number of nitrogens with zero attached hydrogens (tertiary/aromatic N) is 1. The highest BCUT2D eigenvalue weighted by atomic mass is 16.5. The lowest BCUT2D eigenvalue weighted by Crippen LogP contribution is -2.34. The SMILES string of the molecule is C=CCCC(NC(=O)Cc1ccc(C(=O)OCC)c(OCC)c1)c1ccccc1N1CCCCC1. The minimum absolute atomic E-state index is 0.0705. The highest BCUT2D eigenvalue weighted by molar-refractivity contribution is 5.93. The van der Waals surface area contributed by atoms with E-state index in [4.69, 9.17) is 9.47 Å². The molecule has 0 radical (unpaired) electrons. The van der Waals surface area contributed by atoms with Gasteiger partial charge >= 0.3 is 5.97 Å². The van der Waals surface area contributed by atoms with Crippen molar-refractivity contribution in [1.82, 2.24) is 5.32 Å². The number of benzene rings is 2. The van der Waals surface area contributed by atoms with Crippen LogP contribution in [0.1, 0.15) is 73.5 Å². The second-order valence-electron chi connectivity index (χ2n) is 8.75. The first kappa shape index (κ1) is 26.3.